The van der Waals surface area contributed by atoms with E-state index < -0.39 is 10.0 Å². The van der Waals surface area contributed by atoms with Crippen LogP contribution in [-0.2, 0) is 10.0 Å². The van der Waals surface area contributed by atoms with Crippen LogP contribution in [-0.4, -0.2) is 20.6 Å². The van der Waals surface area contributed by atoms with Crippen molar-refractivity contribution in [2.75, 3.05) is 11.0 Å². The molecule has 2 N–H and O–H groups in total. The quantitative estimate of drug-likeness (QED) is 0.772. The molecule has 6 heteroatoms. The van der Waals surface area contributed by atoms with Crippen molar-refractivity contribution in [2.24, 2.45) is 5.92 Å². The molecule has 0 spiro atoms. The van der Waals surface area contributed by atoms with Crippen LogP contribution >= 0.6 is 0 Å². The van der Waals surface area contributed by atoms with Crippen molar-refractivity contribution in [3.05, 3.63) is 65.2 Å². The van der Waals surface area contributed by atoms with E-state index in [4.69, 9.17) is 0 Å². The van der Waals surface area contributed by atoms with Gasteiger partial charge in [0.15, 0.2) is 0 Å². The number of hydrogen-bond donors (Lipinski definition) is 2. The number of aryl methyl sites for hydroxylation is 1. The van der Waals surface area contributed by atoms with E-state index in [1.54, 1.807) is 25.1 Å². The van der Waals surface area contributed by atoms with Gasteiger partial charge in [-0.15, -0.1) is 0 Å². The number of carbonyl (C=O) groups excluding carboxylic acids is 1. The molecule has 1 atom stereocenters. The Hall–Kier alpha value is -2.34. The maximum Gasteiger partial charge on any atom is 0.251 e. The van der Waals surface area contributed by atoms with E-state index in [9.17, 15) is 13.2 Å². The van der Waals surface area contributed by atoms with Crippen LogP contribution in [0.15, 0.2) is 48.5 Å². The summed E-state index contributed by atoms with van der Waals surface area (Å²) in [4.78, 5) is 12.8. The van der Waals surface area contributed by atoms with Gasteiger partial charge < -0.3 is 5.32 Å². The minimum Gasteiger partial charge on any atom is -0.345 e. The van der Waals surface area contributed by atoms with E-state index in [2.05, 4.69) is 23.9 Å². The predicted molar refractivity (Wildman–Crippen MR) is 106 cm³/mol. The molecule has 0 radical (unpaired) electrons. The molecule has 0 aromatic heterocycles. The number of sulfonamides is 1. The first-order valence-corrected chi connectivity index (χ1v) is 10.5. The zero-order valence-corrected chi connectivity index (χ0v) is 16.4. The van der Waals surface area contributed by atoms with Crippen LogP contribution in [0.2, 0.25) is 0 Å². The number of hydrogen-bond acceptors (Lipinski definition) is 3. The van der Waals surface area contributed by atoms with Gasteiger partial charge in [0.2, 0.25) is 10.0 Å². The van der Waals surface area contributed by atoms with Gasteiger partial charge in [-0.25, -0.2) is 8.42 Å². The van der Waals surface area contributed by atoms with Gasteiger partial charge in [-0.3, -0.25) is 9.52 Å². The summed E-state index contributed by atoms with van der Waals surface area (Å²) in [6.45, 7) is 6.02. The molecule has 1 amide bonds. The van der Waals surface area contributed by atoms with Crippen molar-refractivity contribution in [2.45, 2.75) is 33.2 Å². The first-order chi connectivity index (χ1) is 12.2. The van der Waals surface area contributed by atoms with Gasteiger partial charge in [-0.1, -0.05) is 50.2 Å². The molecule has 0 fully saturated rings. The SMILES string of the molecule is Cc1ccc(C(=O)NC(CC(C)C)c2ccccc2)cc1NS(C)(=O)=O. The molecule has 0 saturated heterocycles. The highest BCUT2D eigenvalue weighted by molar-refractivity contribution is 7.92. The lowest BCUT2D eigenvalue weighted by Gasteiger charge is -2.21. The first-order valence-electron chi connectivity index (χ1n) is 8.60. The first kappa shape index (κ1) is 20.0. The third-order valence-corrected chi connectivity index (χ3v) is 4.60. The second kappa shape index (κ2) is 8.36. The lowest BCUT2D eigenvalue weighted by Crippen LogP contribution is -2.29. The smallest absolute Gasteiger partial charge is 0.251 e. The molecule has 1 unspecified atom stereocenters. The molecule has 5 nitrogen and oxygen atoms in total. The Kier molecular flexibility index (Phi) is 6.42. The monoisotopic (exact) mass is 374 g/mol. The Morgan fingerprint density at radius 3 is 2.31 bits per heavy atom. The van der Waals surface area contributed by atoms with Crippen LogP contribution < -0.4 is 10.0 Å². The highest BCUT2D eigenvalue weighted by Crippen LogP contribution is 2.23. The van der Waals surface area contributed by atoms with Gasteiger partial charge in [0.1, 0.15) is 0 Å². The molecule has 0 bridgehead atoms. The molecular formula is C20H26N2O3S. The summed E-state index contributed by atoms with van der Waals surface area (Å²) < 4.78 is 25.5. The lowest BCUT2D eigenvalue weighted by molar-refractivity contribution is 0.0932. The molecule has 0 saturated carbocycles. The van der Waals surface area contributed by atoms with Gasteiger partial charge in [0.25, 0.3) is 5.91 Å². The van der Waals surface area contributed by atoms with E-state index in [1.165, 1.54) is 0 Å². The number of amides is 1. The van der Waals surface area contributed by atoms with Gasteiger partial charge in [-0.2, -0.15) is 0 Å². The van der Waals surface area contributed by atoms with Gasteiger partial charge >= 0.3 is 0 Å². The van der Waals surface area contributed by atoms with Crippen molar-refractivity contribution in [1.82, 2.24) is 5.32 Å². The maximum absolute atomic E-state index is 12.8. The van der Waals surface area contributed by atoms with Crippen LogP contribution in [0.5, 0.6) is 0 Å². The van der Waals surface area contributed by atoms with Crippen molar-refractivity contribution in [3.8, 4) is 0 Å². The molecule has 2 aromatic carbocycles. The van der Waals surface area contributed by atoms with Crippen LogP contribution in [0.3, 0.4) is 0 Å². The largest absolute Gasteiger partial charge is 0.345 e. The predicted octanol–water partition coefficient (Wildman–Crippen LogP) is 3.88. The maximum atomic E-state index is 12.8. The summed E-state index contributed by atoms with van der Waals surface area (Å²) in [5.74, 6) is 0.192. The molecule has 0 aliphatic rings. The van der Waals surface area contributed by atoms with Crippen LogP contribution in [0.1, 0.15) is 47.8 Å². The second-order valence-corrected chi connectivity index (χ2v) is 8.72. The highest BCUT2D eigenvalue weighted by atomic mass is 32.2. The third-order valence-electron chi connectivity index (χ3n) is 4.01. The standard InChI is InChI=1S/C20H26N2O3S/c1-14(2)12-19(16-8-6-5-7-9-16)21-20(23)17-11-10-15(3)18(13-17)22-26(4,24)25/h5-11,13-14,19,22H,12H2,1-4H3,(H,21,23). The van der Waals surface area contributed by atoms with Crippen LogP contribution in [0, 0.1) is 12.8 Å². The second-order valence-electron chi connectivity index (χ2n) is 6.97. The Morgan fingerprint density at radius 2 is 1.73 bits per heavy atom. The number of carbonyl (C=O) groups is 1. The zero-order valence-electron chi connectivity index (χ0n) is 15.6. The van der Waals surface area contributed by atoms with Gasteiger partial charge in [-0.05, 0) is 42.5 Å². The number of benzene rings is 2. The molecule has 0 heterocycles. The number of nitrogens with one attached hydrogen (secondary N) is 2. The fourth-order valence-electron chi connectivity index (χ4n) is 2.75. The average molecular weight is 375 g/mol. The van der Waals surface area contributed by atoms with Crippen molar-refractivity contribution in [3.63, 3.8) is 0 Å². The molecule has 140 valence electrons. The Morgan fingerprint density at radius 1 is 1.08 bits per heavy atom. The fourth-order valence-corrected chi connectivity index (χ4v) is 3.37. The Bertz CT molecular complexity index is 862. The van der Waals surface area contributed by atoms with E-state index in [0.29, 0.717) is 17.2 Å². The zero-order chi connectivity index (χ0) is 19.3. The van der Waals surface area contributed by atoms with E-state index in [-0.39, 0.29) is 11.9 Å². The van der Waals surface area contributed by atoms with Crippen LogP contribution in [0.25, 0.3) is 0 Å². The lowest BCUT2D eigenvalue weighted by atomic mass is 9.96. The van der Waals surface area contributed by atoms with E-state index in [0.717, 1.165) is 23.8 Å². The van der Waals surface area contributed by atoms with Gasteiger partial charge in [0, 0.05) is 5.56 Å². The summed E-state index contributed by atoms with van der Waals surface area (Å²) in [5.41, 5.74) is 2.65. The molecule has 0 aliphatic heterocycles. The van der Waals surface area contributed by atoms with Gasteiger partial charge in [0.05, 0.1) is 18.0 Å². The minimum absolute atomic E-state index is 0.101. The third kappa shape index (κ3) is 5.88. The summed E-state index contributed by atoms with van der Waals surface area (Å²) >= 11 is 0. The molecular weight excluding hydrogens is 348 g/mol. The normalized spacial score (nSPS) is 12.7. The number of rotatable bonds is 7. The molecule has 26 heavy (non-hydrogen) atoms. The average Bonchev–Trinajstić information content (AvgIpc) is 2.55. The van der Waals surface area contributed by atoms with Crippen molar-refractivity contribution >= 4 is 21.6 Å². The summed E-state index contributed by atoms with van der Waals surface area (Å²) in [6, 6.07) is 14.8. The molecule has 2 rings (SSSR count). The van der Waals surface area contributed by atoms with E-state index in [1.807, 2.05) is 30.3 Å². The summed E-state index contributed by atoms with van der Waals surface area (Å²) in [5, 5.41) is 3.07. The summed E-state index contributed by atoms with van der Waals surface area (Å²) in [6.07, 6.45) is 1.91. The van der Waals surface area contributed by atoms with Crippen molar-refractivity contribution in [1.29, 1.82) is 0 Å². The van der Waals surface area contributed by atoms with E-state index >= 15 is 0 Å². The molecule has 2 aromatic rings. The highest BCUT2D eigenvalue weighted by Gasteiger charge is 2.18. The fraction of sp³-hybridized carbons (Fsp3) is 0.350. The summed E-state index contributed by atoms with van der Waals surface area (Å²) in [7, 11) is -3.41. The van der Waals surface area contributed by atoms with Crippen molar-refractivity contribution < 1.29 is 13.2 Å². The minimum atomic E-state index is -3.41. The topological polar surface area (TPSA) is 75.3 Å². The number of anilines is 1. The molecule has 0 aliphatic carbocycles. The van der Waals surface area contributed by atoms with Crippen LogP contribution in [0.4, 0.5) is 5.69 Å². The Labute approximate surface area is 155 Å². The Balaban J connectivity index is 2.25.